The molecule has 5 heteroatoms. The van der Waals surface area contributed by atoms with Gasteiger partial charge < -0.3 is 9.73 Å². The summed E-state index contributed by atoms with van der Waals surface area (Å²) in [5, 5.41) is 2.92. The molecular formula is C25H17N3O2. The maximum Gasteiger partial charge on any atom is 0.255 e. The quantitative estimate of drug-likeness (QED) is 0.420. The zero-order valence-corrected chi connectivity index (χ0v) is 15.9. The van der Waals surface area contributed by atoms with Crippen molar-refractivity contribution in [3.8, 4) is 22.6 Å². The van der Waals surface area contributed by atoms with Gasteiger partial charge in [-0.15, -0.1) is 0 Å². The van der Waals surface area contributed by atoms with E-state index in [2.05, 4.69) is 15.3 Å². The summed E-state index contributed by atoms with van der Waals surface area (Å²) >= 11 is 0. The average Bonchev–Trinajstić information content (AvgIpc) is 3.25. The molecule has 30 heavy (non-hydrogen) atoms. The van der Waals surface area contributed by atoms with Crippen LogP contribution < -0.4 is 5.32 Å². The summed E-state index contributed by atoms with van der Waals surface area (Å²) in [5.74, 6) is 0.339. The zero-order valence-electron chi connectivity index (χ0n) is 15.9. The van der Waals surface area contributed by atoms with E-state index in [4.69, 9.17) is 4.42 Å². The fourth-order valence-electron chi connectivity index (χ4n) is 3.24. The van der Waals surface area contributed by atoms with Crippen molar-refractivity contribution in [3.63, 3.8) is 0 Å². The second kappa shape index (κ2) is 7.64. The average molecular weight is 391 g/mol. The van der Waals surface area contributed by atoms with Gasteiger partial charge in [0.05, 0.1) is 0 Å². The fourth-order valence-corrected chi connectivity index (χ4v) is 3.24. The van der Waals surface area contributed by atoms with Crippen molar-refractivity contribution in [2.45, 2.75) is 0 Å². The maximum absolute atomic E-state index is 12.6. The summed E-state index contributed by atoms with van der Waals surface area (Å²) in [7, 11) is 0. The Morgan fingerprint density at radius 2 is 1.43 bits per heavy atom. The molecule has 0 radical (unpaired) electrons. The number of rotatable bonds is 4. The van der Waals surface area contributed by atoms with Crippen molar-refractivity contribution >= 4 is 22.8 Å². The van der Waals surface area contributed by atoms with E-state index in [1.807, 2.05) is 91.0 Å². The summed E-state index contributed by atoms with van der Waals surface area (Å²) in [6.07, 6.45) is 1.68. The Kier molecular flexibility index (Phi) is 4.54. The van der Waals surface area contributed by atoms with Crippen LogP contribution in [0.15, 0.2) is 102 Å². The van der Waals surface area contributed by atoms with Gasteiger partial charge in [-0.2, -0.15) is 4.98 Å². The fraction of sp³-hybridized carbons (Fsp3) is 0. The van der Waals surface area contributed by atoms with E-state index in [9.17, 15) is 4.79 Å². The Hall–Kier alpha value is -4.25. The Morgan fingerprint density at radius 1 is 0.733 bits per heavy atom. The molecule has 1 N–H and O–H groups in total. The van der Waals surface area contributed by atoms with Gasteiger partial charge in [0, 0.05) is 23.0 Å². The number of amides is 1. The number of carbonyl (C=O) groups excluding carboxylic acids is 1. The Labute approximate surface area is 173 Å². The Bertz CT molecular complexity index is 1280. The lowest BCUT2D eigenvalue weighted by Crippen LogP contribution is -2.11. The number of oxazole rings is 1. The third-order valence-electron chi connectivity index (χ3n) is 4.81. The van der Waals surface area contributed by atoms with Crippen LogP contribution in [0, 0.1) is 0 Å². The molecular weight excluding hydrogens is 374 g/mol. The van der Waals surface area contributed by atoms with Gasteiger partial charge >= 0.3 is 0 Å². The smallest absolute Gasteiger partial charge is 0.255 e. The number of anilines is 1. The van der Waals surface area contributed by atoms with Gasteiger partial charge in [0.15, 0.2) is 11.2 Å². The lowest BCUT2D eigenvalue weighted by Gasteiger charge is -2.07. The molecule has 5 nitrogen and oxygen atoms in total. The maximum atomic E-state index is 12.6. The second-order valence-electron chi connectivity index (χ2n) is 6.82. The molecule has 0 bridgehead atoms. The standard InChI is InChI=1S/C25H17N3O2/c29-24(19-10-8-18(9-11-19)17-5-2-1-3-6-17)27-21-14-12-20(13-15-21)25-28-23-22(30-25)7-4-16-26-23/h1-16H,(H,27,29). The van der Waals surface area contributed by atoms with Crippen LogP contribution in [0.25, 0.3) is 33.8 Å². The minimum absolute atomic E-state index is 0.159. The van der Waals surface area contributed by atoms with Gasteiger partial charge in [0.1, 0.15) is 0 Å². The molecule has 2 heterocycles. The van der Waals surface area contributed by atoms with Gasteiger partial charge in [0.2, 0.25) is 5.89 Å². The van der Waals surface area contributed by atoms with Crippen LogP contribution in [-0.2, 0) is 0 Å². The lowest BCUT2D eigenvalue weighted by molar-refractivity contribution is 0.102. The van der Waals surface area contributed by atoms with Crippen LogP contribution in [0.4, 0.5) is 5.69 Å². The van der Waals surface area contributed by atoms with Crippen molar-refractivity contribution in [1.29, 1.82) is 0 Å². The molecule has 0 aliphatic heterocycles. The number of benzene rings is 3. The molecule has 0 fully saturated rings. The summed E-state index contributed by atoms with van der Waals surface area (Å²) in [6.45, 7) is 0. The van der Waals surface area contributed by atoms with Crippen LogP contribution in [0.1, 0.15) is 10.4 Å². The van der Waals surface area contributed by atoms with Crippen LogP contribution in [0.2, 0.25) is 0 Å². The molecule has 144 valence electrons. The van der Waals surface area contributed by atoms with Gasteiger partial charge in [0.25, 0.3) is 5.91 Å². The number of hydrogen-bond donors (Lipinski definition) is 1. The monoisotopic (exact) mass is 391 g/mol. The molecule has 0 saturated carbocycles. The van der Waals surface area contributed by atoms with E-state index in [1.165, 1.54) is 0 Å². The predicted octanol–water partition coefficient (Wildman–Crippen LogP) is 5.81. The Balaban J connectivity index is 1.30. The van der Waals surface area contributed by atoms with E-state index in [0.29, 0.717) is 28.4 Å². The van der Waals surface area contributed by atoms with Crippen molar-refractivity contribution in [1.82, 2.24) is 9.97 Å². The first-order chi connectivity index (χ1) is 14.8. The van der Waals surface area contributed by atoms with E-state index in [-0.39, 0.29) is 5.91 Å². The van der Waals surface area contributed by atoms with Gasteiger partial charge in [-0.25, -0.2) is 4.98 Å². The first kappa shape index (κ1) is 17.8. The van der Waals surface area contributed by atoms with E-state index in [0.717, 1.165) is 16.7 Å². The van der Waals surface area contributed by atoms with Crippen LogP contribution in [0.3, 0.4) is 0 Å². The SMILES string of the molecule is O=C(Nc1ccc(-c2nc3ncccc3o2)cc1)c1ccc(-c2ccccc2)cc1. The highest BCUT2D eigenvalue weighted by Crippen LogP contribution is 2.25. The highest BCUT2D eigenvalue weighted by Gasteiger charge is 2.10. The second-order valence-corrected chi connectivity index (χ2v) is 6.82. The summed E-state index contributed by atoms with van der Waals surface area (Å²) in [4.78, 5) is 21.2. The number of aromatic nitrogens is 2. The molecule has 0 atom stereocenters. The molecule has 3 aromatic carbocycles. The highest BCUT2D eigenvalue weighted by molar-refractivity contribution is 6.04. The van der Waals surface area contributed by atoms with Crippen molar-refractivity contribution < 1.29 is 9.21 Å². The minimum Gasteiger partial charge on any atom is -0.434 e. The van der Waals surface area contributed by atoms with Crippen LogP contribution in [0.5, 0.6) is 0 Å². The molecule has 5 rings (SSSR count). The largest absolute Gasteiger partial charge is 0.434 e. The zero-order chi connectivity index (χ0) is 20.3. The molecule has 0 unspecified atom stereocenters. The van der Waals surface area contributed by atoms with Gasteiger partial charge in [-0.05, 0) is 59.7 Å². The van der Waals surface area contributed by atoms with E-state index in [1.54, 1.807) is 6.20 Å². The highest BCUT2D eigenvalue weighted by atomic mass is 16.3. The number of fused-ring (bicyclic) bond motifs is 1. The van der Waals surface area contributed by atoms with Crippen molar-refractivity contribution in [2.75, 3.05) is 5.32 Å². The molecule has 0 spiro atoms. The van der Waals surface area contributed by atoms with E-state index >= 15 is 0 Å². The van der Waals surface area contributed by atoms with Crippen molar-refractivity contribution in [3.05, 3.63) is 103 Å². The molecule has 0 aliphatic rings. The number of hydrogen-bond acceptors (Lipinski definition) is 4. The third-order valence-corrected chi connectivity index (χ3v) is 4.81. The van der Waals surface area contributed by atoms with Crippen LogP contribution in [-0.4, -0.2) is 15.9 Å². The molecule has 0 saturated heterocycles. The number of carbonyl (C=O) groups is 1. The number of nitrogens with one attached hydrogen (secondary N) is 1. The topological polar surface area (TPSA) is 68.0 Å². The summed E-state index contributed by atoms with van der Waals surface area (Å²) in [5.41, 5.74) is 5.53. The van der Waals surface area contributed by atoms with Crippen molar-refractivity contribution in [2.24, 2.45) is 0 Å². The summed E-state index contributed by atoms with van der Waals surface area (Å²) < 4.78 is 5.73. The predicted molar refractivity (Wildman–Crippen MR) is 117 cm³/mol. The number of pyridine rings is 1. The molecule has 2 aromatic heterocycles. The molecule has 0 aliphatic carbocycles. The minimum atomic E-state index is -0.159. The summed E-state index contributed by atoms with van der Waals surface area (Å²) in [6, 6.07) is 28.6. The van der Waals surface area contributed by atoms with Gasteiger partial charge in [-0.1, -0.05) is 42.5 Å². The third kappa shape index (κ3) is 3.56. The molecule has 5 aromatic rings. The lowest BCUT2D eigenvalue weighted by atomic mass is 10.0. The van der Waals surface area contributed by atoms with Gasteiger partial charge in [-0.3, -0.25) is 4.79 Å². The number of nitrogens with zero attached hydrogens (tertiary/aromatic N) is 2. The first-order valence-corrected chi connectivity index (χ1v) is 9.55. The van der Waals surface area contributed by atoms with E-state index < -0.39 is 0 Å². The first-order valence-electron chi connectivity index (χ1n) is 9.55. The normalized spacial score (nSPS) is 10.8. The Morgan fingerprint density at radius 3 is 2.17 bits per heavy atom. The van der Waals surface area contributed by atoms with Crippen LogP contribution >= 0.6 is 0 Å². The molecule has 1 amide bonds.